The molecule has 1 unspecified atom stereocenters. The number of carbonyl (C=O) groups is 1. The number of unbranched alkanes of at least 4 members (excludes halogenated alkanes) is 1. The Morgan fingerprint density at radius 2 is 1.93 bits per heavy atom. The van der Waals surface area contributed by atoms with Crippen molar-refractivity contribution in [1.82, 2.24) is 15.1 Å². The Hall–Kier alpha value is -1.44. The third-order valence-electron chi connectivity index (χ3n) is 5.22. The lowest BCUT2D eigenvalue weighted by molar-refractivity contribution is -0.131. The molecule has 0 bridgehead atoms. The molecule has 1 aliphatic heterocycles. The third-order valence-corrected chi connectivity index (χ3v) is 6.35. The summed E-state index contributed by atoms with van der Waals surface area (Å²) >= 11 is 0. The first-order chi connectivity index (χ1) is 12.8. The van der Waals surface area contributed by atoms with Crippen molar-refractivity contribution >= 4 is 15.7 Å². The first-order valence-electron chi connectivity index (χ1n) is 9.82. The lowest BCUT2D eigenvalue weighted by Crippen LogP contribution is -2.48. The summed E-state index contributed by atoms with van der Waals surface area (Å²) in [4.78, 5) is 16.6. The van der Waals surface area contributed by atoms with Crippen LogP contribution < -0.4 is 5.32 Å². The molecule has 1 N–H and O–H groups in total. The average molecular weight is 396 g/mol. The van der Waals surface area contributed by atoms with Gasteiger partial charge in [0.1, 0.15) is 0 Å². The summed E-state index contributed by atoms with van der Waals surface area (Å²) in [6.07, 6.45) is 4.23. The summed E-state index contributed by atoms with van der Waals surface area (Å²) in [5.41, 5.74) is 1.15. The topological polar surface area (TPSA) is 69.7 Å². The molecule has 0 aromatic heterocycles. The summed E-state index contributed by atoms with van der Waals surface area (Å²) in [6, 6.07) is 7.60. The van der Waals surface area contributed by atoms with Crippen molar-refractivity contribution in [1.29, 1.82) is 0 Å². The molecule has 7 heteroatoms. The van der Waals surface area contributed by atoms with Crippen LogP contribution in [0.25, 0.3) is 0 Å². The number of likely N-dealkylation sites (N-methyl/N-ethyl adjacent to an activating group) is 1. The molecule has 2 rings (SSSR count). The summed E-state index contributed by atoms with van der Waals surface area (Å²) < 4.78 is 23.1. The second-order valence-corrected chi connectivity index (χ2v) is 9.38. The van der Waals surface area contributed by atoms with Crippen LogP contribution in [0.3, 0.4) is 0 Å². The van der Waals surface area contributed by atoms with Crippen LogP contribution in [0.5, 0.6) is 0 Å². The highest BCUT2D eigenvalue weighted by Crippen LogP contribution is 2.14. The average Bonchev–Trinajstić information content (AvgIpc) is 2.62. The van der Waals surface area contributed by atoms with Gasteiger partial charge < -0.3 is 15.1 Å². The van der Waals surface area contributed by atoms with Gasteiger partial charge in [0, 0.05) is 31.9 Å². The van der Waals surface area contributed by atoms with Crippen LogP contribution in [0.4, 0.5) is 0 Å². The number of nitrogens with zero attached hydrogens (tertiary/aromatic N) is 2. The van der Waals surface area contributed by atoms with Crippen molar-refractivity contribution in [2.24, 2.45) is 0 Å². The molecular formula is C20H33N3O3S. The van der Waals surface area contributed by atoms with E-state index in [1.165, 1.54) is 6.26 Å². The van der Waals surface area contributed by atoms with Crippen molar-refractivity contribution in [3.05, 3.63) is 29.8 Å². The van der Waals surface area contributed by atoms with Crippen molar-refractivity contribution < 1.29 is 13.2 Å². The van der Waals surface area contributed by atoms with Crippen LogP contribution in [0, 0.1) is 0 Å². The van der Waals surface area contributed by atoms with Gasteiger partial charge in [0.15, 0.2) is 9.84 Å². The number of benzene rings is 1. The van der Waals surface area contributed by atoms with E-state index in [1.54, 1.807) is 12.1 Å². The van der Waals surface area contributed by atoms with Gasteiger partial charge in [-0.2, -0.15) is 0 Å². The number of hydrogen-bond acceptors (Lipinski definition) is 5. The molecule has 1 fully saturated rings. The SMILES string of the molecule is CCN(CCCCN1CCNCC1=O)C(C)Cc1ccc(S(C)(=O)=O)cc1. The number of piperazine rings is 1. The lowest BCUT2D eigenvalue weighted by atomic mass is 10.1. The van der Waals surface area contributed by atoms with Gasteiger partial charge in [0.2, 0.25) is 5.91 Å². The number of hydrogen-bond donors (Lipinski definition) is 1. The van der Waals surface area contributed by atoms with E-state index in [4.69, 9.17) is 0 Å². The van der Waals surface area contributed by atoms with E-state index in [-0.39, 0.29) is 5.91 Å². The minimum absolute atomic E-state index is 0.208. The highest BCUT2D eigenvalue weighted by Gasteiger charge is 2.17. The predicted octanol–water partition coefficient (Wildman–Crippen LogP) is 1.56. The Balaban J connectivity index is 1.77. The van der Waals surface area contributed by atoms with Gasteiger partial charge in [0.05, 0.1) is 11.4 Å². The van der Waals surface area contributed by atoms with Crippen LogP contribution in [-0.2, 0) is 21.1 Å². The third kappa shape index (κ3) is 6.90. The molecule has 1 amide bonds. The molecule has 0 radical (unpaired) electrons. The predicted molar refractivity (Wildman–Crippen MR) is 109 cm³/mol. The van der Waals surface area contributed by atoms with Crippen molar-refractivity contribution in [3.8, 4) is 0 Å². The Morgan fingerprint density at radius 1 is 1.22 bits per heavy atom. The first-order valence-corrected chi connectivity index (χ1v) is 11.7. The Morgan fingerprint density at radius 3 is 2.52 bits per heavy atom. The highest BCUT2D eigenvalue weighted by molar-refractivity contribution is 7.90. The molecular weight excluding hydrogens is 362 g/mol. The number of nitrogens with one attached hydrogen (secondary N) is 1. The maximum atomic E-state index is 11.8. The van der Waals surface area contributed by atoms with E-state index < -0.39 is 9.84 Å². The monoisotopic (exact) mass is 395 g/mol. The number of amides is 1. The highest BCUT2D eigenvalue weighted by atomic mass is 32.2. The van der Waals surface area contributed by atoms with Crippen LogP contribution in [0.15, 0.2) is 29.2 Å². The van der Waals surface area contributed by atoms with Crippen LogP contribution in [-0.4, -0.2) is 75.7 Å². The molecule has 1 heterocycles. The summed E-state index contributed by atoms with van der Waals surface area (Å²) in [6.45, 7) is 9.40. The van der Waals surface area contributed by atoms with Gasteiger partial charge in [-0.25, -0.2) is 8.42 Å². The van der Waals surface area contributed by atoms with Crippen LogP contribution in [0.1, 0.15) is 32.3 Å². The number of sulfone groups is 1. The molecule has 0 aliphatic carbocycles. The fraction of sp³-hybridized carbons (Fsp3) is 0.650. The van der Waals surface area contributed by atoms with Crippen LogP contribution in [0.2, 0.25) is 0 Å². The summed E-state index contributed by atoms with van der Waals surface area (Å²) in [5.74, 6) is 0.208. The summed E-state index contributed by atoms with van der Waals surface area (Å²) in [5, 5.41) is 3.10. The van der Waals surface area contributed by atoms with E-state index in [9.17, 15) is 13.2 Å². The van der Waals surface area contributed by atoms with Gasteiger partial charge in [-0.1, -0.05) is 19.1 Å². The fourth-order valence-corrected chi connectivity index (χ4v) is 4.16. The van der Waals surface area contributed by atoms with E-state index >= 15 is 0 Å². The second kappa shape index (κ2) is 10.2. The number of rotatable bonds is 10. The van der Waals surface area contributed by atoms with Gasteiger partial charge in [0.25, 0.3) is 0 Å². The van der Waals surface area contributed by atoms with Crippen molar-refractivity contribution in [3.63, 3.8) is 0 Å². The zero-order chi connectivity index (χ0) is 19.9. The van der Waals surface area contributed by atoms with E-state index in [1.807, 2.05) is 17.0 Å². The fourth-order valence-electron chi connectivity index (χ4n) is 3.53. The summed E-state index contributed by atoms with van der Waals surface area (Å²) in [7, 11) is -3.14. The quantitative estimate of drug-likeness (QED) is 0.609. The molecule has 152 valence electrons. The Labute approximate surface area is 163 Å². The molecule has 1 aromatic carbocycles. The van der Waals surface area contributed by atoms with E-state index in [0.717, 1.165) is 57.5 Å². The molecule has 0 spiro atoms. The Kier molecular flexibility index (Phi) is 8.26. The second-order valence-electron chi connectivity index (χ2n) is 7.36. The largest absolute Gasteiger partial charge is 0.340 e. The number of carbonyl (C=O) groups excluding carboxylic acids is 1. The smallest absolute Gasteiger partial charge is 0.236 e. The molecule has 0 saturated carbocycles. The van der Waals surface area contributed by atoms with Gasteiger partial charge in [-0.05, 0) is 57.0 Å². The molecule has 1 aliphatic rings. The van der Waals surface area contributed by atoms with Gasteiger partial charge in [-0.3, -0.25) is 4.79 Å². The first kappa shape index (κ1) is 21.9. The van der Waals surface area contributed by atoms with Gasteiger partial charge >= 0.3 is 0 Å². The maximum absolute atomic E-state index is 11.8. The zero-order valence-electron chi connectivity index (χ0n) is 16.8. The Bertz CT molecular complexity index is 704. The molecule has 6 nitrogen and oxygen atoms in total. The zero-order valence-corrected chi connectivity index (χ0v) is 17.6. The molecule has 27 heavy (non-hydrogen) atoms. The van der Waals surface area contributed by atoms with E-state index in [0.29, 0.717) is 17.5 Å². The van der Waals surface area contributed by atoms with Crippen molar-refractivity contribution in [2.75, 3.05) is 45.5 Å². The minimum Gasteiger partial charge on any atom is -0.340 e. The maximum Gasteiger partial charge on any atom is 0.236 e. The lowest BCUT2D eigenvalue weighted by Gasteiger charge is -2.30. The van der Waals surface area contributed by atoms with Crippen molar-refractivity contribution in [2.45, 2.75) is 44.0 Å². The molecule has 1 aromatic rings. The standard InChI is InChI=1S/C20H33N3O3S/c1-4-22(12-5-6-13-23-14-11-21-16-20(23)24)17(2)15-18-7-9-19(10-8-18)27(3,25)26/h7-10,17,21H,4-6,11-16H2,1-3H3. The van der Waals surface area contributed by atoms with E-state index in [2.05, 4.69) is 24.1 Å². The molecule has 1 atom stereocenters. The normalized spacial score (nSPS) is 16.7. The molecule has 1 saturated heterocycles. The minimum atomic E-state index is -3.14. The van der Waals surface area contributed by atoms with Gasteiger partial charge in [-0.15, -0.1) is 0 Å². The van der Waals surface area contributed by atoms with Crippen LogP contribution >= 0.6 is 0 Å².